The number of hydrogen-bond acceptors (Lipinski definition) is 5. The van der Waals surface area contributed by atoms with Crippen molar-refractivity contribution >= 4 is 38.1 Å². The maximum absolute atomic E-state index is 13.2. The van der Waals surface area contributed by atoms with Crippen molar-refractivity contribution in [3.05, 3.63) is 94.9 Å². The van der Waals surface area contributed by atoms with Crippen LogP contribution in [-0.4, -0.2) is 25.9 Å². The fourth-order valence-electron chi connectivity index (χ4n) is 3.95. The molecule has 0 aliphatic carbocycles. The predicted octanol–water partition coefficient (Wildman–Crippen LogP) is 5.12. The molecule has 2 heterocycles. The first-order valence-electron chi connectivity index (χ1n) is 10.5. The van der Waals surface area contributed by atoms with Crippen molar-refractivity contribution in [1.82, 2.24) is 4.98 Å². The minimum absolute atomic E-state index is 0.159. The van der Waals surface area contributed by atoms with E-state index in [-0.39, 0.29) is 10.8 Å². The van der Waals surface area contributed by atoms with Gasteiger partial charge in [0.25, 0.3) is 15.9 Å². The molecule has 3 aromatic carbocycles. The van der Waals surface area contributed by atoms with Crippen LogP contribution in [0.15, 0.2) is 83.8 Å². The molecule has 0 bridgehead atoms. The Hall–Kier alpha value is -3.49. The maximum Gasteiger partial charge on any atom is 0.264 e. The predicted molar refractivity (Wildman–Crippen MR) is 131 cm³/mol. The van der Waals surface area contributed by atoms with Gasteiger partial charge in [-0.25, -0.2) is 13.4 Å². The van der Waals surface area contributed by atoms with Crippen molar-refractivity contribution in [1.29, 1.82) is 0 Å². The number of thiazole rings is 1. The number of anilines is 2. The summed E-state index contributed by atoms with van der Waals surface area (Å²) < 4.78 is 27.8. The second kappa shape index (κ2) is 8.46. The molecule has 0 fully saturated rings. The summed E-state index contributed by atoms with van der Waals surface area (Å²) in [6, 6.07) is 23.3. The normalized spacial score (nSPS) is 13.1. The quantitative estimate of drug-likeness (QED) is 0.434. The molecule has 4 aromatic rings. The van der Waals surface area contributed by atoms with Crippen molar-refractivity contribution < 1.29 is 13.2 Å². The van der Waals surface area contributed by atoms with Gasteiger partial charge < -0.3 is 0 Å². The van der Waals surface area contributed by atoms with Crippen molar-refractivity contribution in [3.63, 3.8) is 0 Å². The van der Waals surface area contributed by atoms with Crippen LogP contribution in [0.4, 0.5) is 10.8 Å². The van der Waals surface area contributed by atoms with E-state index >= 15 is 0 Å². The van der Waals surface area contributed by atoms with Gasteiger partial charge in [-0.1, -0.05) is 48.5 Å². The van der Waals surface area contributed by atoms with E-state index in [4.69, 9.17) is 0 Å². The lowest BCUT2D eigenvalue weighted by atomic mass is 10.1. The summed E-state index contributed by atoms with van der Waals surface area (Å²) in [5, 5.41) is 3.33. The van der Waals surface area contributed by atoms with Gasteiger partial charge in [-0.15, -0.1) is 11.3 Å². The number of rotatable bonds is 5. The van der Waals surface area contributed by atoms with Crippen LogP contribution in [0.25, 0.3) is 11.3 Å². The molecule has 1 N–H and O–H groups in total. The summed E-state index contributed by atoms with van der Waals surface area (Å²) in [5.41, 5.74) is 3.93. The van der Waals surface area contributed by atoms with Crippen molar-refractivity contribution in [2.24, 2.45) is 0 Å². The Kier molecular flexibility index (Phi) is 5.47. The van der Waals surface area contributed by atoms with E-state index in [0.717, 1.165) is 21.7 Å². The molecule has 166 valence electrons. The Morgan fingerprint density at radius 2 is 1.67 bits per heavy atom. The van der Waals surface area contributed by atoms with E-state index in [9.17, 15) is 13.2 Å². The van der Waals surface area contributed by atoms with Gasteiger partial charge in [-0.05, 0) is 49.2 Å². The Bertz CT molecular complexity index is 1430. The summed E-state index contributed by atoms with van der Waals surface area (Å²) in [5.74, 6) is -0.334. The van der Waals surface area contributed by atoms with Gasteiger partial charge >= 0.3 is 0 Å². The number of benzene rings is 3. The zero-order valence-corrected chi connectivity index (χ0v) is 19.5. The number of aryl methyl sites for hydroxylation is 1. The summed E-state index contributed by atoms with van der Waals surface area (Å²) in [4.78, 5) is 18.5. The lowest BCUT2D eigenvalue weighted by Crippen LogP contribution is -2.29. The van der Waals surface area contributed by atoms with Gasteiger partial charge in [0.05, 0.1) is 16.3 Å². The molecule has 1 aliphatic rings. The topological polar surface area (TPSA) is 79.4 Å². The molecular weight excluding hydrogens is 454 g/mol. The second-order valence-electron chi connectivity index (χ2n) is 7.72. The van der Waals surface area contributed by atoms with E-state index in [1.165, 1.54) is 39.9 Å². The smallest absolute Gasteiger partial charge is 0.264 e. The van der Waals surface area contributed by atoms with Crippen molar-refractivity contribution in [3.8, 4) is 11.3 Å². The van der Waals surface area contributed by atoms with Gasteiger partial charge in [0.1, 0.15) is 0 Å². The molecule has 5 rings (SSSR count). The highest BCUT2D eigenvalue weighted by molar-refractivity contribution is 7.92. The van der Waals surface area contributed by atoms with Crippen LogP contribution in [0.3, 0.4) is 0 Å². The highest BCUT2D eigenvalue weighted by Gasteiger charge is 2.30. The largest absolute Gasteiger partial charge is 0.298 e. The minimum Gasteiger partial charge on any atom is -0.298 e. The van der Waals surface area contributed by atoms with E-state index in [1.807, 2.05) is 61.5 Å². The minimum atomic E-state index is -3.70. The SMILES string of the molecule is Cc1sc(NC(=O)c2ccc(S(=O)(=O)N3CCc4ccccc43)cc2)nc1-c1ccccc1. The molecule has 33 heavy (non-hydrogen) atoms. The van der Waals surface area contributed by atoms with Crippen LogP contribution in [0.5, 0.6) is 0 Å². The molecule has 8 heteroatoms. The average molecular weight is 476 g/mol. The fourth-order valence-corrected chi connectivity index (χ4v) is 6.28. The van der Waals surface area contributed by atoms with E-state index in [1.54, 1.807) is 0 Å². The summed E-state index contributed by atoms with van der Waals surface area (Å²) in [7, 11) is -3.70. The zero-order valence-electron chi connectivity index (χ0n) is 17.9. The standard InChI is InChI=1S/C25H21N3O3S2/c1-17-23(19-8-3-2-4-9-19)26-25(32-17)27-24(29)20-11-13-21(14-12-20)33(30,31)28-16-15-18-7-5-6-10-22(18)28/h2-14H,15-16H2,1H3,(H,26,27,29). The number of para-hydroxylation sites is 1. The lowest BCUT2D eigenvalue weighted by Gasteiger charge is -2.19. The number of sulfonamides is 1. The molecule has 0 atom stereocenters. The molecule has 1 aromatic heterocycles. The molecule has 6 nitrogen and oxygen atoms in total. The number of nitrogens with one attached hydrogen (secondary N) is 1. The Morgan fingerprint density at radius 1 is 0.970 bits per heavy atom. The Balaban J connectivity index is 1.34. The monoisotopic (exact) mass is 475 g/mol. The molecule has 0 radical (unpaired) electrons. The number of carbonyl (C=O) groups is 1. The highest BCUT2D eigenvalue weighted by atomic mass is 32.2. The Morgan fingerprint density at radius 3 is 2.42 bits per heavy atom. The van der Waals surface area contributed by atoms with Crippen LogP contribution in [-0.2, 0) is 16.4 Å². The number of fused-ring (bicyclic) bond motifs is 1. The van der Waals surface area contributed by atoms with Crippen LogP contribution in [0, 0.1) is 6.92 Å². The van der Waals surface area contributed by atoms with Gasteiger partial charge in [0.2, 0.25) is 0 Å². The van der Waals surface area contributed by atoms with Crippen LogP contribution >= 0.6 is 11.3 Å². The van der Waals surface area contributed by atoms with Gasteiger partial charge in [-0.3, -0.25) is 14.4 Å². The van der Waals surface area contributed by atoms with Crippen LogP contribution < -0.4 is 9.62 Å². The zero-order chi connectivity index (χ0) is 23.0. The molecular formula is C25H21N3O3S2. The molecule has 1 aliphatic heterocycles. The third-order valence-electron chi connectivity index (χ3n) is 5.61. The molecule has 0 saturated heterocycles. The summed E-state index contributed by atoms with van der Waals surface area (Å²) in [6.45, 7) is 2.38. The summed E-state index contributed by atoms with van der Waals surface area (Å²) in [6.07, 6.45) is 0.689. The number of amides is 1. The highest BCUT2D eigenvalue weighted by Crippen LogP contribution is 2.33. The molecule has 0 unspecified atom stereocenters. The summed E-state index contributed by atoms with van der Waals surface area (Å²) >= 11 is 1.40. The fraction of sp³-hybridized carbons (Fsp3) is 0.120. The number of carbonyl (C=O) groups excluding carboxylic acids is 1. The van der Waals surface area contributed by atoms with Crippen molar-refractivity contribution in [2.45, 2.75) is 18.2 Å². The van der Waals surface area contributed by atoms with Crippen molar-refractivity contribution in [2.75, 3.05) is 16.2 Å². The molecule has 0 spiro atoms. The van der Waals surface area contributed by atoms with Crippen LogP contribution in [0.1, 0.15) is 20.8 Å². The van der Waals surface area contributed by atoms with E-state index in [0.29, 0.717) is 29.3 Å². The average Bonchev–Trinajstić information content (AvgIpc) is 3.43. The van der Waals surface area contributed by atoms with Crippen LogP contribution in [0.2, 0.25) is 0 Å². The third-order valence-corrected chi connectivity index (χ3v) is 8.33. The number of aromatic nitrogens is 1. The van der Waals surface area contributed by atoms with Gasteiger partial charge in [0, 0.05) is 22.5 Å². The lowest BCUT2D eigenvalue weighted by molar-refractivity contribution is 0.102. The first-order valence-corrected chi connectivity index (χ1v) is 12.7. The third kappa shape index (κ3) is 4.03. The maximum atomic E-state index is 13.2. The van der Waals surface area contributed by atoms with Gasteiger partial charge in [0.15, 0.2) is 5.13 Å². The Labute approximate surface area is 196 Å². The first-order chi connectivity index (χ1) is 15.9. The number of nitrogens with zero attached hydrogens (tertiary/aromatic N) is 2. The molecule has 1 amide bonds. The van der Waals surface area contributed by atoms with E-state index in [2.05, 4.69) is 10.3 Å². The second-order valence-corrected chi connectivity index (χ2v) is 10.8. The molecule has 0 saturated carbocycles. The first kappa shape index (κ1) is 21.4. The van der Waals surface area contributed by atoms with E-state index < -0.39 is 10.0 Å². The number of hydrogen-bond donors (Lipinski definition) is 1. The van der Waals surface area contributed by atoms with Gasteiger partial charge in [-0.2, -0.15) is 0 Å².